The maximum atomic E-state index is 13.3. The Bertz CT molecular complexity index is 2120. The van der Waals surface area contributed by atoms with Crippen molar-refractivity contribution in [3.63, 3.8) is 0 Å². The first-order valence-corrected chi connectivity index (χ1v) is 19.0. The maximum Gasteiger partial charge on any atom is 0.267 e. The Morgan fingerprint density at radius 2 is 1.80 bits per heavy atom. The number of hydrogen-bond donors (Lipinski definition) is 4. The van der Waals surface area contributed by atoms with E-state index in [9.17, 15) is 24.0 Å². The van der Waals surface area contributed by atoms with Crippen LogP contribution in [0, 0.1) is 13.8 Å². The number of nitrogens with zero attached hydrogens (tertiary/aromatic N) is 6. The number of thiazole rings is 1. The molecular formula is C37H39ClN10O5S. The zero-order valence-corrected chi connectivity index (χ0v) is 31.4. The number of nitrogens with one attached hydrogen (secondary N) is 4. The fraction of sp³-hybridized carbons (Fsp3) is 0.351. The van der Waals surface area contributed by atoms with Crippen molar-refractivity contribution >= 4 is 80.6 Å². The molecule has 2 saturated heterocycles. The first-order valence-electron chi connectivity index (χ1n) is 17.8. The molecule has 0 bridgehead atoms. The summed E-state index contributed by atoms with van der Waals surface area (Å²) in [7, 11) is 0. The van der Waals surface area contributed by atoms with Gasteiger partial charge in [0.2, 0.25) is 11.8 Å². The van der Waals surface area contributed by atoms with Gasteiger partial charge in [0.25, 0.3) is 17.7 Å². The van der Waals surface area contributed by atoms with Gasteiger partial charge in [0, 0.05) is 50.9 Å². The number of carbonyl (C=O) groups is 5. The number of anilines is 5. The second-order valence-electron chi connectivity index (χ2n) is 13.3. The van der Waals surface area contributed by atoms with Gasteiger partial charge in [-0.15, -0.1) is 0 Å². The van der Waals surface area contributed by atoms with Crippen LogP contribution in [-0.2, 0) is 9.59 Å². The number of imide groups is 2. The summed E-state index contributed by atoms with van der Waals surface area (Å²) >= 11 is 7.50. The van der Waals surface area contributed by atoms with Crippen molar-refractivity contribution in [2.75, 3.05) is 60.1 Å². The molecule has 3 aliphatic rings. The highest BCUT2D eigenvalue weighted by atomic mass is 35.5. The van der Waals surface area contributed by atoms with Crippen molar-refractivity contribution in [3.05, 3.63) is 81.1 Å². The van der Waals surface area contributed by atoms with Crippen LogP contribution < -0.4 is 26.2 Å². The van der Waals surface area contributed by atoms with Gasteiger partial charge >= 0.3 is 0 Å². The number of unbranched alkanes of at least 4 members (excludes halogenated alkanes) is 1. The molecule has 4 N–H and O–H groups in total. The van der Waals surface area contributed by atoms with Crippen molar-refractivity contribution in [2.45, 2.75) is 45.6 Å². The third kappa shape index (κ3) is 7.90. The SMILES string of the molecule is Cc1nc(Nc2ncc(C(=O)Nc3c(C)cccc3Cl)s2)cc(N2CCN(CCCCNc3cccc4c3C(=O)N(C3CCC(=O)NC3=O)C4=O)CC2)n1. The predicted octanol–water partition coefficient (Wildman–Crippen LogP) is 4.61. The number of carbonyl (C=O) groups excluding carboxylic acids is 5. The summed E-state index contributed by atoms with van der Waals surface area (Å²) in [4.78, 5) is 83.1. The third-order valence-electron chi connectivity index (χ3n) is 9.63. The molecule has 1 atom stereocenters. The molecule has 2 fully saturated rings. The summed E-state index contributed by atoms with van der Waals surface area (Å²) in [5, 5.41) is 12.7. The van der Waals surface area contributed by atoms with E-state index in [1.165, 1.54) is 17.5 Å². The second-order valence-corrected chi connectivity index (χ2v) is 14.8. The maximum absolute atomic E-state index is 13.3. The van der Waals surface area contributed by atoms with Gasteiger partial charge in [0.15, 0.2) is 5.13 Å². The number of piperidine rings is 1. The van der Waals surface area contributed by atoms with Crippen LogP contribution in [0.2, 0.25) is 5.02 Å². The molecule has 1 unspecified atom stereocenters. The fourth-order valence-electron chi connectivity index (χ4n) is 6.84. The second kappa shape index (κ2) is 15.9. The van der Waals surface area contributed by atoms with E-state index < -0.39 is 29.7 Å². The van der Waals surface area contributed by atoms with Gasteiger partial charge < -0.3 is 20.9 Å². The molecule has 2 aromatic heterocycles. The van der Waals surface area contributed by atoms with Gasteiger partial charge in [-0.25, -0.2) is 15.0 Å². The normalized spacial score (nSPS) is 17.4. The van der Waals surface area contributed by atoms with Crippen LogP contribution in [0.5, 0.6) is 0 Å². The zero-order valence-electron chi connectivity index (χ0n) is 29.8. The summed E-state index contributed by atoms with van der Waals surface area (Å²) in [5.41, 5.74) is 2.53. The van der Waals surface area contributed by atoms with E-state index in [-0.39, 0.29) is 29.9 Å². The van der Waals surface area contributed by atoms with E-state index in [1.807, 2.05) is 32.0 Å². The minimum absolute atomic E-state index is 0.0772. The largest absolute Gasteiger partial charge is 0.384 e. The molecule has 0 saturated carbocycles. The molecule has 7 rings (SSSR count). The number of hydrogen-bond acceptors (Lipinski definition) is 13. The first-order chi connectivity index (χ1) is 26.0. The lowest BCUT2D eigenvalue weighted by atomic mass is 10.0. The van der Waals surface area contributed by atoms with Gasteiger partial charge in [0.1, 0.15) is 28.4 Å². The Labute approximate surface area is 320 Å². The topological polar surface area (TPSA) is 182 Å². The summed E-state index contributed by atoms with van der Waals surface area (Å²) in [5.74, 6) is -0.330. The number of piperazine rings is 1. The Hall–Kier alpha value is -5.45. The highest BCUT2D eigenvalue weighted by molar-refractivity contribution is 7.17. The molecule has 17 heteroatoms. The Kier molecular flexibility index (Phi) is 10.8. The first kappa shape index (κ1) is 36.9. The van der Waals surface area contributed by atoms with Crippen molar-refractivity contribution in [1.29, 1.82) is 0 Å². The van der Waals surface area contributed by atoms with E-state index in [2.05, 4.69) is 46.0 Å². The number of aromatic nitrogens is 3. The van der Waals surface area contributed by atoms with E-state index in [0.717, 1.165) is 61.8 Å². The van der Waals surface area contributed by atoms with Crippen LogP contribution in [0.3, 0.4) is 0 Å². The average molecular weight is 771 g/mol. The summed E-state index contributed by atoms with van der Waals surface area (Å²) < 4.78 is 0. The molecule has 4 aromatic rings. The number of rotatable bonds is 12. The number of amides is 5. The lowest BCUT2D eigenvalue weighted by Crippen LogP contribution is -2.54. The molecule has 2 aromatic carbocycles. The summed E-state index contributed by atoms with van der Waals surface area (Å²) in [6.07, 6.45) is 3.50. The van der Waals surface area contributed by atoms with Crippen LogP contribution in [0.15, 0.2) is 48.7 Å². The minimum Gasteiger partial charge on any atom is -0.384 e. The Balaban J connectivity index is 0.867. The summed E-state index contributed by atoms with van der Waals surface area (Å²) in [6.45, 7) is 8.58. The predicted molar refractivity (Wildman–Crippen MR) is 206 cm³/mol. The van der Waals surface area contributed by atoms with Gasteiger partial charge in [-0.3, -0.25) is 39.1 Å². The summed E-state index contributed by atoms with van der Waals surface area (Å²) in [6, 6.07) is 11.4. The van der Waals surface area contributed by atoms with Crippen molar-refractivity contribution < 1.29 is 24.0 Å². The zero-order chi connectivity index (χ0) is 37.9. The van der Waals surface area contributed by atoms with Gasteiger partial charge in [-0.1, -0.05) is 41.1 Å². The van der Waals surface area contributed by atoms with Crippen molar-refractivity contribution in [2.24, 2.45) is 0 Å². The quantitative estimate of drug-likeness (QED) is 0.116. The van der Waals surface area contributed by atoms with Crippen LogP contribution in [0.4, 0.5) is 28.1 Å². The van der Waals surface area contributed by atoms with Gasteiger partial charge in [-0.2, -0.15) is 0 Å². The van der Waals surface area contributed by atoms with Crippen molar-refractivity contribution in [3.8, 4) is 0 Å². The van der Waals surface area contributed by atoms with E-state index >= 15 is 0 Å². The lowest BCUT2D eigenvalue weighted by Gasteiger charge is -2.35. The molecule has 5 heterocycles. The standard InChI is InChI=1S/C37H39ClN10O5S/c1-21-7-5-9-24(38)32(21)45-34(51)27-20-40-37(54-27)43-28-19-29(42-22(2)41-28)47-17-15-46(16-18-47)14-4-3-13-39-25-10-6-8-23-31(25)36(53)48(35(23)52)26-11-12-30(49)44-33(26)50/h5-10,19-20,26,39H,3-4,11-18H2,1-2H3,(H,45,51)(H,44,49,50)(H,40,41,42,43). The highest BCUT2D eigenvalue weighted by Gasteiger charge is 2.45. The monoisotopic (exact) mass is 770 g/mol. The van der Waals surface area contributed by atoms with Gasteiger partial charge in [0.05, 0.1) is 28.0 Å². The lowest BCUT2D eigenvalue weighted by molar-refractivity contribution is -0.136. The van der Waals surface area contributed by atoms with E-state index in [1.54, 1.807) is 24.3 Å². The average Bonchev–Trinajstić information content (AvgIpc) is 3.72. The van der Waals surface area contributed by atoms with Crippen LogP contribution in [0.1, 0.15) is 67.5 Å². The van der Waals surface area contributed by atoms with E-state index in [4.69, 9.17) is 11.6 Å². The van der Waals surface area contributed by atoms with Crippen molar-refractivity contribution in [1.82, 2.24) is 30.1 Å². The molecule has 280 valence electrons. The third-order valence-corrected chi connectivity index (χ3v) is 10.9. The van der Waals surface area contributed by atoms with Crippen LogP contribution in [-0.4, -0.2) is 99.6 Å². The molecule has 0 aliphatic carbocycles. The Morgan fingerprint density at radius 1 is 1.00 bits per heavy atom. The molecule has 54 heavy (non-hydrogen) atoms. The minimum atomic E-state index is -0.996. The molecule has 15 nitrogen and oxygen atoms in total. The number of halogens is 1. The fourth-order valence-corrected chi connectivity index (χ4v) is 7.82. The number of benzene rings is 2. The van der Waals surface area contributed by atoms with Crippen LogP contribution in [0.25, 0.3) is 0 Å². The van der Waals surface area contributed by atoms with E-state index in [0.29, 0.717) is 44.6 Å². The molecule has 0 radical (unpaired) electrons. The number of para-hydroxylation sites is 1. The molecular weight excluding hydrogens is 732 g/mol. The highest BCUT2D eigenvalue weighted by Crippen LogP contribution is 2.33. The number of aryl methyl sites for hydroxylation is 2. The molecule has 5 amide bonds. The van der Waals surface area contributed by atoms with Crippen LogP contribution >= 0.6 is 22.9 Å². The molecule has 3 aliphatic heterocycles. The Morgan fingerprint density at radius 3 is 2.57 bits per heavy atom. The smallest absolute Gasteiger partial charge is 0.267 e. The van der Waals surface area contributed by atoms with Gasteiger partial charge in [-0.05, 0) is 63.4 Å². The number of fused-ring (bicyclic) bond motifs is 1. The molecule has 0 spiro atoms.